The molecule has 0 spiro atoms. The molecule has 2 aromatic heterocycles. The van der Waals surface area contributed by atoms with Crippen molar-refractivity contribution in [3.05, 3.63) is 112 Å². The number of aromatic nitrogens is 2. The van der Waals surface area contributed by atoms with E-state index in [0.717, 1.165) is 50.5 Å². The van der Waals surface area contributed by atoms with Crippen molar-refractivity contribution in [2.45, 2.75) is 45.7 Å². The highest BCUT2D eigenvalue weighted by Crippen LogP contribution is 2.42. The molecule has 2 aromatic carbocycles. The monoisotopic (exact) mass is 601 g/mol. The molecule has 0 saturated carbocycles. The molecule has 1 amide bonds. The number of amides is 1. The Kier molecular flexibility index (Phi) is 8.14. The summed E-state index contributed by atoms with van der Waals surface area (Å²) in [4.78, 5) is 19.9. The summed E-state index contributed by atoms with van der Waals surface area (Å²) in [5.74, 6) is -0.0302. The van der Waals surface area contributed by atoms with E-state index in [4.69, 9.17) is 12.2 Å². The molecule has 39 heavy (non-hydrogen) atoms. The Morgan fingerprint density at radius 1 is 1.08 bits per heavy atom. The molecule has 2 N–H and O–H groups in total. The third-order valence-electron chi connectivity index (χ3n) is 7.33. The van der Waals surface area contributed by atoms with Gasteiger partial charge in [-0.2, -0.15) is 0 Å². The van der Waals surface area contributed by atoms with Crippen LogP contribution in [0.25, 0.3) is 5.69 Å². The van der Waals surface area contributed by atoms with Crippen molar-refractivity contribution in [1.82, 2.24) is 19.8 Å². The summed E-state index contributed by atoms with van der Waals surface area (Å²) in [6.07, 6.45) is 2.98. The average Bonchev–Trinajstić information content (AvgIpc) is 3.42. The fourth-order valence-electron chi connectivity index (χ4n) is 5.46. The summed E-state index contributed by atoms with van der Waals surface area (Å²) in [7, 11) is 0. The highest BCUT2D eigenvalue weighted by atomic mass is 79.9. The average molecular weight is 603 g/mol. The number of nitrogens with zero attached hydrogens (tertiary/aromatic N) is 3. The van der Waals surface area contributed by atoms with Crippen molar-refractivity contribution in [2.24, 2.45) is 0 Å². The molecule has 6 nitrogen and oxygen atoms in total. The number of benzene rings is 2. The fraction of sp³-hybridized carbons (Fsp3) is 0.258. The first kappa shape index (κ1) is 27.1. The van der Waals surface area contributed by atoms with Crippen molar-refractivity contribution in [3.63, 3.8) is 0 Å². The predicted molar refractivity (Wildman–Crippen MR) is 164 cm³/mol. The number of carbonyl (C=O) groups is 1. The lowest BCUT2D eigenvalue weighted by molar-refractivity contribution is -0.116. The summed E-state index contributed by atoms with van der Waals surface area (Å²) in [5, 5.41) is 7.24. The molecule has 0 radical (unpaired) electrons. The van der Waals surface area contributed by atoms with Gasteiger partial charge >= 0.3 is 0 Å². The van der Waals surface area contributed by atoms with Crippen LogP contribution in [-0.2, 0) is 11.2 Å². The molecular formula is C31H32BrN5OS. The van der Waals surface area contributed by atoms with Gasteiger partial charge in [-0.3, -0.25) is 9.78 Å². The summed E-state index contributed by atoms with van der Waals surface area (Å²) in [6.45, 7) is 6.84. The highest BCUT2D eigenvalue weighted by molar-refractivity contribution is 9.10. The van der Waals surface area contributed by atoms with Crippen LogP contribution in [0.5, 0.6) is 0 Å². The number of nitrogens with one attached hydrogen (secondary N) is 2. The molecule has 4 aromatic rings. The van der Waals surface area contributed by atoms with Crippen LogP contribution in [0.2, 0.25) is 0 Å². The van der Waals surface area contributed by atoms with Crippen LogP contribution in [-0.4, -0.2) is 32.0 Å². The van der Waals surface area contributed by atoms with Crippen LogP contribution in [0, 0.1) is 13.8 Å². The van der Waals surface area contributed by atoms with Crippen molar-refractivity contribution in [2.75, 3.05) is 11.9 Å². The van der Waals surface area contributed by atoms with Crippen molar-refractivity contribution in [3.8, 4) is 5.69 Å². The normalized spacial score (nSPS) is 16.8. The van der Waals surface area contributed by atoms with E-state index in [9.17, 15) is 4.79 Å². The summed E-state index contributed by atoms with van der Waals surface area (Å²) in [6, 6.07) is 24.1. The lowest BCUT2D eigenvalue weighted by atomic mass is 9.96. The molecule has 1 aliphatic rings. The fourth-order valence-corrected chi connectivity index (χ4v) is 6.25. The number of halogens is 1. The van der Waals surface area contributed by atoms with E-state index in [0.29, 0.717) is 18.1 Å². The zero-order valence-electron chi connectivity index (χ0n) is 22.3. The second kappa shape index (κ2) is 11.7. The third kappa shape index (κ3) is 5.49. The van der Waals surface area contributed by atoms with Crippen molar-refractivity contribution >= 4 is 44.9 Å². The SMILES string of the molecule is CCc1ccccc1NC(=O)CCN1C(=S)N[C@H](c2ccccn2)[C@@H]1c1cc(C)n(-c2ccccc2Br)c1C. The number of carbonyl (C=O) groups excluding carboxylic acids is 1. The second-order valence-corrected chi connectivity index (χ2v) is 11.0. The number of anilines is 1. The van der Waals surface area contributed by atoms with Crippen LogP contribution < -0.4 is 10.6 Å². The van der Waals surface area contributed by atoms with Crippen LogP contribution in [0.4, 0.5) is 5.69 Å². The molecule has 200 valence electrons. The van der Waals surface area contributed by atoms with Gasteiger partial charge in [0.25, 0.3) is 0 Å². The van der Waals surface area contributed by atoms with Gasteiger partial charge in [-0.25, -0.2) is 0 Å². The van der Waals surface area contributed by atoms with Gasteiger partial charge in [0, 0.05) is 40.7 Å². The number of thiocarbonyl (C=S) groups is 1. The van der Waals surface area contributed by atoms with Crippen LogP contribution in [0.15, 0.2) is 83.5 Å². The quantitative estimate of drug-likeness (QED) is 0.217. The Morgan fingerprint density at radius 3 is 2.56 bits per heavy atom. The molecule has 0 unspecified atom stereocenters. The lowest BCUT2D eigenvalue weighted by Crippen LogP contribution is -2.33. The van der Waals surface area contributed by atoms with Crippen LogP contribution >= 0.6 is 28.1 Å². The molecule has 1 fully saturated rings. The highest BCUT2D eigenvalue weighted by Gasteiger charge is 2.41. The number of aryl methyl sites for hydroxylation is 2. The molecule has 2 atom stereocenters. The summed E-state index contributed by atoms with van der Waals surface area (Å²) in [5.41, 5.74) is 7.40. The van der Waals surface area contributed by atoms with Crippen LogP contribution in [0.1, 0.15) is 53.6 Å². The van der Waals surface area contributed by atoms with Crippen molar-refractivity contribution < 1.29 is 4.79 Å². The molecule has 1 saturated heterocycles. The minimum absolute atomic E-state index is 0.0302. The first-order chi connectivity index (χ1) is 18.9. The zero-order valence-corrected chi connectivity index (χ0v) is 24.7. The minimum atomic E-state index is -0.143. The van der Waals surface area contributed by atoms with Crippen molar-refractivity contribution in [1.29, 1.82) is 0 Å². The molecule has 3 heterocycles. The van der Waals surface area contributed by atoms with Gasteiger partial charge in [0.1, 0.15) is 0 Å². The number of para-hydroxylation sites is 2. The maximum absolute atomic E-state index is 13.1. The van der Waals surface area contributed by atoms with Gasteiger partial charge in [0.05, 0.1) is 23.5 Å². The Labute approximate surface area is 243 Å². The van der Waals surface area contributed by atoms with Crippen LogP contribution in [0.3, 0.4) is 0 Å². The summed E-state index contributed by atoms with van der Waals surface area (Å²) >= 11 is 9.58. The Bertz CT molecular complexity index is 1500. The van der Waals surface area contributed by atoms with Gasteiger partial charge in [-0.05, 0) is 95.9 Å². The topological polar surface area (TPSA) is 62.2 Å². The molecule has 0 bridgehead atoms. The van der Waals surface area contributed by atoms with E-state index in [1.165, 1.54) is 0 Å². The maximum Gasteiger partial charge on any atom is 0.226 e. The molecule has 5 rings (SSSR count). The Hall–Kier alpha value is -3.49. The Morgan fingerprint density at radius 2 is 1.82 bits per heavy atom. The van der Waals surface area contributed by atoms with E-state index in [1.54, 1.807) is 0 Å². The first-order valence-electron chi connectivity index (χ1n) is 13.2. The van der Waals surface area contributed by atoms with Gasteiger partial charge in [-0.15, -0.1) is 0 Å². The van der Waals surface area contributed by atoms with E-state index >= 15 is 0 Å². The zero-order chi connectivity index (χ0) is 27.5. The van der Waals surface area contributed by atoms with E-state index in [-0.39, 0.29) is 18.0 Å². The predicted octanol–water partition coefficient (Wildman–Crippen LogP) is 6.82. The number of hydrogen-bond acceptors (Lipinski definition) is 3. The largest absolute Gasteiger partial charge is 0.352 e. The van der Waals surface area contributed by atoms with Gasteiger partial charge in [0.2, 0.25) is 5.91 Å². The van der Waals surface area contributed by atoms with E-state index in [2.05, 4.69) is 80.0 Å². The van der Waals surface area contributed by atoms with Gasteiger partial charge < -0.3 is 20.1 Å². The lowest BCUT2D eigenvalue weighted by Gasteiger charge is -2.28. The van der Waals surface area contributed by atoms with E-state index in [1.807, 2.05) is 60.8 Å². The van der Waals surface area contributed by atoms with E-state index < -0.39 is 0 Å². The number of rotatable bonds is 8. The first-order valence-corrected chi connectivity index (χ1v) is 14.4. The number of hydrogen-bond donors (Lipinski definition) is 2. The third-order valence-corrected chi connectivity index (χ3v) is 8.36. The maximum atomic E-state index is 13.1. The number of pyridine rings is 1. The standard InChI is InChI=1S/C31H32BrN5OS/c1-4-22-11-5-7-13-25(22)34-28(38)16-18-36-30(29(35-31(36)39)26-14-9-10-17-33-26)23-19-20(2)37(21(23)3)27-15-8-6-12-24(27)32/h5-15,17,19,29-30H,4,16,18H2,1-3H3,(H,34,38)(H,35,39)/t29-,30+/m1/s1. The second-order valence-electron chi connectivity index (χ2n) is 9.74. The summed E-state index contributed by atoms with van der Waals surface area (Å²) < 4.78 is 3.30. The smallest absolute Gasteiger partial charge is 0.226 e. The molecular weight excluding hydrogens is 570 g/mol. The molecule has 8 heteroatoms. The molecule has 1 aliphatic heterocycles. The Balaban J connectivity index is 1.47. The molecule has 0 aliphatic carbocycles. The van der Waals surface area contributed by atoms with Gasteiger partial charge in [0.15, 0.2) is 5.11 Å². The van der Waals surface area contributed by atoms with Gasteiger partial charge in [-0.1, -0.05) is 43.3 Å². The minimum Gasteiger partial charge on any atom is -0.352 e.